The average Bonchev–Trinajstić information content (AvgIpc) is 2.84. The number of ketones is 1. The van der Waals surface area contributed by atoms with Gasteiger partial charge in [0, 0.05) is 29.3 Å². The molecule has 1 N–H and O–H groups in total. The molecular weight excluding hydrogens is 426 g/mol. The van der Waals surface area contributed by atoms with Crippen molar-refractivity contribution in [3.63, 3.8) is 0 Å². The first kappa shape index (κ1) is 22.6. The second-order valence-electron chi connectivity index (χ2n) is 9.80. The molecule has 2 aromatic carbocycles. The molecule has 176 valence electrons. The van der Waals surface area contributed by atoms with Gasteiger partial charge in [0.25, 0.3) is 0 Å². The number of hydrogen-bond acceptors (Lipinski definition) is 5. The molecule has 5 nitrogen and oxygen atoms in total. The Morgan fingerprint density at radius 1 is 0.941 bits per heavy atom. The van der Waals surface area contributed by atoms with Crippen molar-refractivity contribution in [3.8, 4) is 5.75 Å². The maximum Gasteiger partial charge on any atom is 0.315 e. The van der Waals surface area contributed by atoms with Gasteiger partial charge in [-0.3, -0.25) is 14.6 Å². The van der Waals surface area contributed by atoms with Crippen molar-refractivity contribution in [2.75, 3.05) is 0 Å². The van der Waals surface area contributed by atoms with Gasteiger partial charge < -0.3 is 9.84 Å². The van der Waals surface area contributed by atoms with Crippen LogP contribution in [0.25, 0.3) is 0 Å². The van der Waals surface area contributed by atoms with E-state index in [2.05, 4.69) is 12.1 Å². The minimum Gasteiger partial charge on any atom is -0.508 e. The lowest BCUT2D eigenvalue weighted by Crippen LogP contribution is -2.39. The molecule has 0 bridgehead atoms. The van der Waals surface area contributed by atoms with Gasteiger partial charge in [0.05, 0.1) is 0 Å². The molecular formula is C29H31NO4. The van der Waals surface area contributed by atoms with Crippen LogP contribution in [0.15, 0.2) is 70.9 Å². The fourth-order valence-corrected chi connectivity index (χ4v) is 5.79. The topological polar surface area (TPSA) is 76.0 Å². The van der Waals surface area contributed by atoms with Crippen molar-refractivity contribution in [1.82, 2.24) is 0 Å². The van der Waals surface area contributed by atoms with Crippen molar-refractivity contribution >= 4 is 17.5 Å². The van der Waals surface area contributed by atoms with Gasteiger partial charge >= 0.3 is 5.97 Å². The van der Waals surface area contributed by atoms with E-state index >= 15 is 0 Å². The van der Waals surface area contributed by atoms with E-state index < -0.39 is 11.8 Å². The third kappa shape index (κ3) is 4.44. The summed E-state index contributed by atoms with van der Waals surface area (Å²) in [6.07, 6.45) is 6.12. The fraction of sp³-hybridized carbons (Fsp3) is 0.414. The van der Waals surface area contributed by atoms with Crippen LogP contribution in [0.3, 0.4) is 0 Å². The molecule has 5 rings (SSSR count). The highest BCUT2D eigenvalue weighted by molar-refractivity contribution is 6.09. The number of carbonyl (C=O) groups excluding carboxylic acids is 2. The predicted octanol–water partition coefficient (Wildman–Crippen LogP) is 5.84. The number of rotatable bonds is 4. The summed E-state index contributed by atoms with van der Waals surface area (Å²) in [6, 6.07) is 16.9. The Morgan fingerprint density at radius 3 is 2.35 bits per heavy atom. The number of ether oxygens (including phenoxy) is 1. The van der Waals surface area contributed by atoms with Crippen molar-refractivity contribution < 1.29 is 19.4 Å². The maximum absolute atomic E-state index is 13.6. The number of phenolic OH excluding ortho intramolecular Hbond substituents is 1. The fourth-order valence-electron chi connectivity index (χ4n) is 5.79. The third-order valence-corrected chi connectivity index (χ3v) is 7.50. The Kier molecular flexibility index (Phi) is 6.36. The number of aliphatic imine (C=N–C) groups is 1. The highest BCUT2D eigenvalue weighted by atomic mass is 16.5. The van der Waals surface area contributed by atoms with Crippen LogP contribution in [0, 0.1) is 5.92 Å². The zero-order valence-corrected chi connectivity index (χ0v) is 19.6. The summed E-state index contributed by atoms with van der Waals surface area (Å²) in [5, 5.41) is 9.85. The summed E-state index contributed by atoms with van der Waals surface area (Å²) < 4.78 is 5.98. The average molecular weight is 458 g/mol. The minimum absolute atomic E-state index is 0.0416. The molecule has 34 heavy (non-hydrogen) atoms. The van der Waals surface area contributed by atoms with Crippen LogP contribution in [-0.2, 0) is 14.3 Å². The summed E-state index contributed by atoms with van der Waals surface area (Å²) in [5.41, 5.74) is 4.07. The molecule has 1 fully saturated rings. The van der Waals surface area contributed by atoms with Gasteiger partial charge in [-0.2, -0.15) is 0 Å². The molecule has 0 saturated heterocycles. The maximum atomic E-state index is 13.6. The first-order valence-electron chi connectivity index (χ1n) is 12.4. The lowest BCUT2D eigenvalue weighted by atomic mass is 9.69. The largest absolute Gasteiger partial charge is 0.508 e. The second-order valence-corrected chi connectivity index (χ2v) is 9.80. The van der Waals surface area contributed by atoms with Crippen LogP contribution in [0.5, 0.6) is 5.75 Å². The number of nitrogens with zero attached hydrogens (tertiary/aromatic N) is 1. The van der Waals surface area contributed by atoms with Gasteiger partial charge in [0.15, 0.2) is 5.78 Å². The van der Waals surface area contributed by atoms with Crippen LogP contribution in [0.1, 0.15) is 74.8 Å². The molecule has 0 spiro atoms. The van der Waals surface area contributed by atoms with Crippen molar-refractivity contribution in [2.24, 2.45) is 10.9 Å². The summed E-state index contributed by atoms with van der Waals surface area (Å²) in [4.78, 5) is 32.0. The monoisotopic (exact) mass is 457 g/mol. The number of allylic oxidation sites excluding steroid dienone is 2. The van der Waals surface area contributed by atoms with Crippen LogP contribution < -0.4 is 0 Å². The highest BCUT2D eigenvalue weighted by Crippen LogP contribution is 2.47. The van der Waals surface area contributed by atoms with Crippen LogP contribution in [0.2, 0.25) is 0 Å². The van der Waals surface area contributed by atoms with Gasteiger partial charge in [-0.1, -0.05) is 48.9 Å². The number of hydrogen-bond donors (Lipinski definition) is 1. The zero-order valence-electron chi connectivity index (χ0n) is 19.6. The smallest absolute Gasteiger partial charge is 0.315 e. The Hall–Kier alpha value is -3.21. The first-order valence-corrected chi connectivity index (χ1v) is 12.4. The molecule has 1 unspecified atom stereocenters. The van der Waals surface area contributed by atoms with Gasteiger partial charge in [-0.05, 0) is 68.2 Å². The standard InChI is InChI=1S/C29H31NO4/c1-18-26(29(33)34-23-10-6-3-7-11-23)27(20-12-14-22(31)15-13-20)28-24(30-18)16-21(17-25(28)32)19-8-4-2-5-9-19/h2,4-5,8-9,12-15,21,23,26-27,31H,3,6-7,10-11,16-17H2,1H3/t21-,26?,27-/m1/s1. The lowest BCUT2D eigenvalue weighted by Gasteiger charge is -2.37. The quantitative estimate of drug-likeness (QED) is 0.585. The van der Waals surface area contributed by atoms with E-state index in [1.165, 1.54) is 6.42 Å². The van der Waals surface area contributed by atoms with E-state index in [1.54, 1.807) is 24.3 Å². The van der Waals surface area contributed by atoms with Gasteiger partial charge in [0.1, 0.15) is 17.8 Å². The van der Waals surface area contributed by atoms with E-state index in [0.29, 0.717) is 24.1 Å². The number of Topliss-reactive ketones (excluding diaryl/α,β-unsaturated/α-hetero) is 1. The molecule has 0 aromatic heterocycles. The summed E-state index contributed by atoms with van der Waals surface area (Å²) >= 11 is 0. The van der Waals surface area contributed by atoms with Gasteiger partial charge in [-0.25, -0.2) is 0 Å². The van der Waals surface area contributed by atoms with Gasteiger partial charge in [0.2, 0.25) is 0 Å². The van der Waals surface area contributed by atoms with Crippen LogP contribution >= 0.6 is 0 Å². The van der Waals surface area contributed by atoms with E-state index in [4.69, 9.17) is 9.73 Å². The molecule has 0 radical (unpaired) electrons. The van der Waals surface area contributed by atoms with E-state index in [-0.39, 0.29) is 29.5 Å². The zero-order chi connectivity index (χ0) is 23.7. The molecule has 2 aromatic rings. The molecule has 1 heterocycles. The van der Waals surface area contributed by atoms with E-state index in [0.717, 1.165) is 42.5 Å². The molecule has 3 atom stereocenters. The van der Waals surface area contributed by atoms with E-state index in [9.17, 15) is 14.7 Å². The summed E-state index contributed by atoms with van der Waals surface area (Å²) in [5.74, 6) is -1.11. The number of benzene rings is 2. The summed E-state index contributed by atoms with van der Waals surface area (Å²) in [6.45, 7) is 1.88. The normalized spacial score (nSPS) is 25.5. The Bertz CT molecular complexity index is 1130. The SMILES string of the molecule is CC1=NC2=C(C(=O)C[C@H](c3ccccc3)C2)[C@H](c2ccc(O)cc2)C1C(=O)OC1CCCCC1. The van der Waals surface area contributed by atoms with Crippen molar-refractivity contribution in [1.29, 1.82) is 0 Å². The first-order chi connectivity index (χ1) is 16.5. The number of esters is 1. The molecule has 0 amide bonds. The van der Waals surface area contributed by atoms with E-state index in [1.807, 2.05) is 25.1 Å². The predicted molar refractivity (Wildman–Crippen MR) is 131 cm³/mol. The number of phenols is 1. The molecule has 1 saturated carbocycles. The van der Waals surface area contributed by atoms with Crippen molar-refractivity contribution in [2.45, 2.75) is 69.8 Å². The molecule has 2 aliphatic carbocycles. The van der Waals surface area contributed by atoms with Crippen LogP contribution in [0.4, 0.5) is 0 Å². The third-order valence-electron chi connectivity index (χ3n) is 7.50. The number of carbonyl (C=O) groups is 2. The molecule has 3 aliphatic rings. The Labute approximate surface area is 200 Å². The van der Waals surface area contributed by atoms with Crippen molar-refractivity contribution in [3.05, 3.63) is 77.0 Å². The molecule has 5 heteroatoms. The number of aromatic hydroxyl groups is 1. The Balaban J connectivity index is 1.52. The molecule has 1 aliphatic heterocycles. The Morgan fingerprint density at radius 2 is 1.65 bits per heavy atom. The minimum atomic E-state index is -0.637. The highest BCUT2D eigenvalue weighted by Gasteiger charge is 2.45. The summed E-state index contributed by atoms with van der Waals surface area (Å²) in [7, 11) is 0. The lowest BCUT2D eigenvalue weighted by molar-refractivity contribution is -0.153. The second kappa shape index (κ2) is 9.57. The van der Waals surface area contributed by atoms with Gasteiger partial charge in [-0.15, -0.1) is 0 Å². The van der Waals surface area contributed by atoms with Crippen LogP contribution in [-0.4, -0.2) is 28.7 Å².